The Morgan fingerprint density at radius 2 is 2.00 bits per heavy atom. The molecule has 0 spiro atoms. The number of hydrogen-bond acceptors (Lipinski definition) is 6. The molecular weight excluding hydrogens is 370 g/mol. The predicted molar refractivity (Wildman–Crippen MR) is 107 cm³/mol. The Kier molecular flexibility index (Phi) is 4.65. The van der Waals surface area contributed by atoms with Gasteiger partial charge in [-0.3, -0.25) is 9.59 Å². The molecule has 0 bridgehead atoms. The van der Waals surface area contributed by atoms with Crippen LogP contribution in [-0.4, -0.2) is 44.7 Å². The van der Waals surface area contributed by atoms with Gasteiger partial charge in [0.2, 0.25) is 0 Å². The number of allylic oxidation sites excluding steroid dienone is 3. The highest BCUT2D eigenvalue weighted by Crippen LogP contribution is 2.67. The lowest BCUT2D eigenvalue weighted by Gasteiger charge is -2.60. The van der Waals surface area contributed by atoms with Gasteiger partial charge in [0, 0.05) is 28.5 Å². The van der Waals surface area contributed by atoms with Gasteiger partial charge in [-0.2, -0.15) is 0 Å². The summed E-state index contributed by atoms with van der Waals surface area (Å²) in [5.41, 5.74) is 4.86. The minimum absolute atomic E-state index is 0.0534. The van der Waals surface area contributed by atoms with Crippen molar-refractivity contribution in [2.24, 2.45) is 34.3 Å². The van der Waals surface area contributed by atoms with Crippen molar-refractivity contribution in [3.8, 4) is 0 Å². The number of aliphatic hydroxyl groups is 3. The van der Waals surface area contributed by atoms with E-state index in [1.54, 1.807) is 13.0 Å². The maximum absolute atomic E-state index is 12.9. The van der Waals surface area contributed by atoms with Crippen LogP contribution in [0.15, 0.2) is 23.4 Å². The zero-order valence-corrected chi connectivity index (χ0v) is 17.5. The van der Waals surface area contributed by atoms with Gasteiger partial charge in [-0.25, -0.2) is 0 Å². The molecule has 4 rings (SSSR count). The van der Waals surface area contributed by atoms with E-state index >= 15 is 0 Å². The number of Topliss-reactive ketones (excluding diaryl/α,β-unsaturated/α-hetero) is 1. The van der Waals surface area contributed by atoms with Crippen molar-refractivity contribution < 1.29 is 24.9 Å². The highest BCUT2D eigenvalue weighted by atomic mass is 16.3. The predicted octanol–water partition coefficient (Wildman–Crippen LogP) is 1.62. The Bertz CT molecular complexity index is 818. The average molecular weight is 404 g/mol. The van der Waals surface area contributed by atoms with Crippen LogP contribution in [0.25, 0.3) is 0 Å². The first-order valence-electron chi connectivity index (χ1n) is 10.9. The fourth-order valence-electron chi connectivity index (χ4n) is 7.35. The topological polar surface area (TPSA) is 121 Å². The highest BCUT2D eigenvalue weighted by molar-refractivity contribution is 6.02. The largest absolute Gasteiger partial charge is 0.401 e. The van der Waals surface area contributed by atoms with E-state index in [1.807, 2.05) is 13.8 Å². The zero-order chi connectivity index (χ0) is 21.4. The Hall–Kier alpha value is -1.50. The SMILES string of the molecule is CCC(O)C(=O)[C@@]1(O)CC[C@H]2[C@@H]3CCC4=CC(=O)C=C(N)[C@]4(C)[C@H]3[C@@H](O)C[C@@]21C. The van der Waals surface area contributed by atoms with Crippen molar-refractivity contribution in [1.29, 1.82) is 0 Å². The molecule has 5 N–H and O–H groups in total. The molecule has 1 unspecified atom stereocenters. The molecule has 4 aliphatic carbocycles. The lowest BCUT2D eigenvalue weighted by atomic mass is 9.45. The van der Waals surface area contributed by atoms with Crippen LogP contribution in [0.3, 0.4) is 0 Å². The van der Waals surface area contributed by atoms with Gasteiger partial charge >= 0.3 is 0 Å². The normalized spacial score (nSPS) is 47.4. The molecule has 0 heterocycles. The lowest BCUT2D eigenvalue weighted by molar-refractivity contribution is -0.183. The van der Waals surface area contributed by atoms with Crippen LogP contribution in [-0.2, 0) is 9.59 Å². The number of fused-ring (bicyclic) bond motifs is 5. The summed E-state index contributed by atoms with van der Waals surface area (Å²) in [7, 11) is 0. The molecule has 160 valence electrons. The Morgan fingerprint density at radius 3 is 2.66 bits per heavy atom. The van der Waals surface area contributed by atoms with Gasteiger partial charge in [-0.05, 0) is 63.4 Å². The van der Waals surface area contributed by atoms with Crippen molar-refractivity contribution in [3.05, 3.63) is 23.4 Å². The van der Waals surface area contributed by atoms with Crippen LogP contribution in [0, 0.1) is 28.6 Å². The van der Waals surface area contributed by atoms with Crippen molar-refractivity contribution in [2.45, 2.75) is 77.1 Å². The quantitative estimate of drug-likeness (QED) is 0.568. The second kappa shape index (κ2) is 6.50. The standard InChI is InChI=1S/C23H33NO5/c1-4-16(26)20(28)23(29)8-7-15-14-6-5-12-9-13(25)10-18(24)22(12,3)19(14)17(27)11-21(15,23)2/h9-10,14-17,19,26-27,29H,4-8,11,24H2,1-3H3/t14-,15-,16?,17-,19+,21-,22+,23-/m0/s1. The fraction of sp³-hybridized carbons (Fsp3) is 0.739. The summed E-state index contributed by atoms with van der Waals surface area (Å²) in [6.07, 6.45) is 4.24. The summed E-state index contributed by atoms with van der Waals surface area (Å²) in [4.78, 5) is 25.0. The summed E-state index contributed by atoms with van der Waals surface area (Å²) in [6, 6.07) is 0. The monoisotopic (exact) mass is 403 g/mol. The van der Waals surface area contributed by atoms with E-state index in [4.69, 9.17) is 5.73 Å². The summed E-state index contributed by atoms with van der Waals surface area (Å²) < 4.78 is 0. The first kappa shape index (κ1) is 20.8. The van der Waals surface area contributed by atoms with E-state index in [9.17, 15) is 24.9 Å². The molecule has 0 radical (unpaired) electrons. The first-order chi connectivity index (χ1) is 13.5. The van der Waals surface area contributed by atoms with Crippen LogP contribution in [0.1, 0.15) is 59.3 Å². The highest BCUT2D eigenvalue weighted by Gasteiger charge is 2.69. The molecule has 8 atom stereocenters. The van der Waals surface area contributed by atoms with Gasteiger partial charge in [-0.15, -0.1) is 0 Å². The summed E-state index contributed by atoms with van der Waals surface area (Å²) in [6.45, 7) is 5.65. The molecule has 3 saturated carbocycles. The van der Waals surface area contributed by atoms with Crippen LogP contribution in [0.2, 0.25) is 0 Å². The molecule has 3 fully saturated rings. The maximum Gasteiger partial charge on any atom is 0.193 e. The molecule has 6 heteroatoms. The van der Waals surface area contributed by atoms with Crippen LogP contribution < -0.4 is 5.73 Å². The van der Waals surface area contributed by atoms with Gasteiger partial charge in [0.1, 0.15) is 11.7 Å². The van der Waals surface area contributed by atoms with Gasteiger partial charge in [0.25, 0.3) is 0 Å². The van der Waals surface area contributed by atoms with Crippen molar-refractivity contribution in [1.82, 2.24) is 0 Å². The van der Waals surface area contributed by atoms with E-state index in [2.05, 4.69) is 0 Å². The number of aliphatic hydroxyl groups excluding tert-OH is 2. The number of carbonyl (C=O) groups excluding carboxylic acids is 2. The van der Waals surface area contributed by atoms with Gasteiger partial charge in [0.15, 0.2) is 11.6 Å². The Balaban J connectivity index is 1.75. The number of rotatable bonds is 3. The van der Waals surface area contributed by atoms with E-state index < -0.39 is 34.4 Å². The van der Waals surface area contributed by atoms with E-state index in [-0.39, 0.29) is 36.4 Å². The summed E-state index contributed by atoms with van der Waals surface area (Å²) >= 11 is 0. The third-order valence-corrected chi connectivity index (χ3v) is 9.00. The number of carbonyl (C=O) groups is 2. The Morgan fingerprint density at radius 1 is 1.31 bits per heavy atom. The fourth-order valence-corrected chi connectivity index (χ4v) is 7.35. The van der Waals surface area contributed by atoms with Crippen LogP contribution >= 0.6 is 0 Å². The summed E-state index contributed by atoms with van der Waals surface area (Å²) in [5, 5.41) is 33.0. The number of ketones is 2. The maximum atomic E-state index is 12.9. The third kappa shape index (κ3) is 2.52. The Labute approximate surface area is 171 Å². The molecule has 29 heavy (non-hydrogen) atoms. The minimum atomic E-state index is -1.63. The molecule has 0 aromatic rings. The second-order valence-corrected chi connectivity index (χ2v) is 10.1. The van der Waals surface area contributed by atoms with Crippen molar-refractivity contribution >= 4 is 11.6 Å². The van der Waals surface area contributed by atoms with E-state index in [0.29, 0.717) is 18.5 Å². The first-order valence-corrected chi connectivity index (χ1v) is 10.9. The van der Waals surface area contributed by atoms with E-state index in [1.165, 1.54) is 6.08 Å². The molecule has 4 aliphatic rings. The van der Waals surface area contributed by atoms with Crippen molar-refractivity contribution in [3.63, 3.8) is 0 Å². The van der Waals surface area contributed by atoms with Gasteiger partial charge < -0.3 is 21.1 Å². The number of nitrogens with two attached hydrogens (primary N) is 1. The van der Waals surface area contributed by atoms with Crippen molar-refractivity contribution in [2.75, 3.05) is 0 Å². The molecule has 0 saturated heterocycles. The number of hydrogen-bond donors (Lipinski definition) is 4. The lowest BCUT2D eigenvalue weighted by Crippen LogP contribution is -2.63. The van der Waals surface area contributed by atoms with Crippen LogP contribution in [0.5, 0.6) is 0 Å². The molecule has 0 aromatic heterocycles. The molecule has 0 amide bonds. The van der Waals surface area contributed by atoms with Gasteiger partial charge in [-0.1, -0.05) is 19.4 Å². The molecular formula is C23H33NO5. The summed E-state index contributed by atoms with van der Waals surface area (Å²) in [5.74, 6) is -0.623. The van der Waals surface area contributed by atoms with E-state index in [0.717, 1.165) is 18.4 Å². The second-order valence-electron chi connectivity index (χ2n) is 10.1. The third-order valence-electron chi connectivity index (χ3n) is 9.00. The minimum Gasteiger partial charge on any atom is -0.401 e. The molecule has 6 nitrogen and oxygen atoms in total. The molecule has 0 aliphatic heterocycles. The average Bonchev–Trinajstić information content (AvgIpc) is 2.93. The molecule has 0 aromatic carbocycles. The van der Waals surface area contributed by atoms with Gasteiger partial charge in [0.05, 0.1) is 6.10 Å². The smallest absolute Gasteiger partial charge is 0.193 e. The van der Waals surface area contributed by atoms with Crippen LogP contribution in [0.4, 0.5) is 0 Å². The zero-order valence-electron chi connectivity index (χ0n) is 17.5.